The van der Waals surface area contributed by atoms with Crippen LogP contribution in [0, 0.1) is 17.8 Å². The molecule has 0 fully saturated rings. The third-order valence-electron chi connectivity index (χ3n) is 11.5. The van der Waals surface area contributed by atoms with E-state index in [1.165, 1.54) is 180 Å². The maximum atomic E-state index is 12.6. The molecule has 2 N–H and O–H groups in total. The highest BCUT2D eigenvalue weighted by molar-refractivity contribution is 5.71. The summed E-state index contributed by atoms with van der Waals surface area (Å²) < 4.78 is 0. The second-order valence-electron chi connectivity index (χ2n) is 16.3. The molecule has 3 unspecified atom stereocenters. The van der Waals surface area contributed by atoms with Crippen LogP contribution in [0.4, 0.5) is 0 Å². The van der Waals surface area contributed by atoms with Crippen LogP contribution >= 0.6 is 0 Å². The van der Waals surface area contributed by atoms with Crippen molar-refractivity contribution in [2.45, 2.75) is 265 Å². The summed E-state index contributed by atoms with van der Waals surface area (Å²) in [7, 11) is 0. The summed E-state index contributed by atoms with van der Waals surface area (Å²) in [6, 6.07) is 0. The highest BCUT2D eigenvalue weighted by Crippen LogP contribution is 2.33. The van der Waals surface area contributed by atoms with Gasteiger partial charge in [-0.05, 0) is 31.6 Å². The summed E-state index contributed by atoms with van der Waals surface area (Å²) in [6.45, 7) is 6.80. The first kappa shape index (κ1) is 48.9. The van der Waals surface area contributed by atoms with Crippen LogP contribution in [0.2, 0.25) is 0 Å². The van der Waals surface area contributed by atoms with Gasteiger partial charge in [-0.1, -0.05) is 239 Å². The van der Waals surface area contributed by atoms with Gasteiger partial charge in [0.05, 0.1) is 11.8 Å². The molecule has 0 rings (SSSR count). The van der Waals surface area contributed by atoms with Crippen molar-refractivity contribution >= 4 is 11.9 Å². The van der Waals surface area contributed by atoms with Gasteiger partial charge in [0, 0.05) is 0 Å². The summed E-state index contributed by atoms with van der Waals surface area (Å²) in [4.78, 5) is 25.1. The predicted octanol–water partition coefficient (Wildman–Crippen LogP) is 15.9. The average Bonchev–Trinajstić information content (AvgIpc) is 3.10. The summed E-state index contributed by atoms with van der Waals surface area (Å²) >= 11 is 0. The quantitative estimate of drug-likeness (QED) is 0.0620. The van der Waals surface area contributed by atoms with E-state index in [0.717, 1.165) is 44.9 Å². The summed E-state index contributed by atoms with van der Waals surface area (Å²) in [5.74, 6) is -2.24. The van der Waals surface area contributed by atoms with Crippen LogP contribution in [0.5, 0.6) is 0 Å². The van der Waals surface area contributed by atoms with Crippen LogP contribution < -0.4 is 0 Å². The Labute approximate surface area is 313 Å². The predicted molar refractivity (Wildman–Crippen MR) is 218 cm³/mol. The maximum Gasteiger partial charge on any atom is 0.306 e. The molecule has 50 heavy (non-hydrogen) atoms. The van der Waals surface area contributed by atoms with E-state index < -0.39 is 23.8 Å². The topological polar surface area (TPSA) is 74.6 Å². The third-order valence-corrected chi connectivity index (χ3v) is 11.5. The van der Waals surface area contributed by atoms with Gasteiger partial charge in [-0.15, -0.1) is 0 Å². The zero-order valence-electron chi connectivity index (χ0n) is 34.3. The van der Waals surface area contributed by atoms with Crippen molar-refractivity contribution in [3.05, 3.63) is 0 Å². The van der Waals surface area contributed by atoms with Gasteiger partial charge in [-0.3, -0.25) is 9.59 Å². The first-order valence-corrected chi connectivity index (χ1v) is 22.9. The van der Waals surface area contributed by atoms with Crippen LogP contribution in [0.25, 0.3) is 0 Å². The van der Waals surface area contributed by atoms with Gasteiger partial charge in [0.2, 0.25) is 0 Å². The molecule has 0 aliphatic rings. The Bertz CT molecular complexity index is 706. The zero-order valence-corrected chi connectivity index (χ0v) is 34.3. The average molecular weight is 707 g/mol. The first-order valence-electron chi connectivity index (χ1n) is 22.9. The molecular weight excluding hydrogens is 617 g/mol. The summed E-state index contributed by atoms with van der Waals surface area (Å²) in [5.41, 5.74) is 0. The number of carboxylic acid groups (broad SMARTS) is 2. The molecular formula is C46H90O4. The Morgan fingerprint density at radius 1 is 0.340 bits per heavy atom. The van der Waals surface area contributed by atoms with Crippen LogP contribution in [-0.4, -0.2) is 22.2 Å². The van der Waals surface area contributed by atoms with Crippen molar-refractivity contribution < 1.29 is 19.8 Å². The molecule has 0 saturated heterocycles. The number of rotatable bonds is 42. The second kappa shape index (κ2) is 39.2. The molecule has 0 heterocycles. The van der Waals surface area contributed by atoms with Crippen molar-refractivity contribution in [2.75, 3.05) is 0 Å². The molecule has 298 valence electrons. The third kappa shape index (κ3) is 32.8. The van der Waals surface area contributed by atoms with Crippen molar-refractivity contribution in [3.63, 3.8) is 0 Å². The van der Waals surface area contributed by atoms with Crippen LogP contribution in [-0.2, 0) is 9.59 Å². The molecule has 0 amide bonds. The minimum atomic E-state index is -0.712. The standard InChI is InChI=1S/C46H90O4/c1-4-7-10-13-16-19-22-24-27-30-33-36-39-43(45(47)48)41-42(38-35-32-29-26-21-18-15-12-9-6-3)44(46(49)50)40-37-34-31-28-25-23-20-17-14-11-8-5-2/h42-44H,4-41H2,1-3H3,(H,47,48)(H,49,50). The maximum absolute atomic E-state index is 12.6. The molecule has 0 aromatic rings. The number of unbranched alkanes of at least 4 members (excludes halogenated alkanes) is 31. The van der Waals surface area contributed by atoms with Gasteiger partial charge < -0.3 is 10.2 Å². The lowest BCUT2D eigenvalue weighted by Crippen LogP contribution is -2.28. The van der Waals surface area contributed by atoms with E-state index in [1.54, 1.807) is 0 Å². The number of carbonyl (C=O) groups is 2. The van der Waals surface area contributed by atoms with E-state index in [-0.39, 0.29) is 5.92 Å². The van der Waals surface area contributed by atoms with Crippen LogP contribution in [0.15, 0.2) is 0 Å². The lowest BCUT2D eigenvalue weighted by atomic mass is 9.77. The van der Waals surface area contributed by atoms with Gasteiger partial charge in [-0.2, -0.15) is 0 Å². The highest BCUT2D eigenvalue weighted by atomic mass is 16.4. The zero-order chi connectivity index (χ0) is 36.8. The smallest absolute Gasteiger partial charge is 0.306 e. The number of hydrogen-bond acceptors (Lipinski definition) is 2. The van der Waals surface area contributed by atoms with Gasteiger partial charge in [0.15, 0.2) is 0 Å². The second-order valence-corrected chi connectivity index (χ2v) is 16.3. The molecule has 0 aromatic heterocycles. The Morgan fingerprint density at radius 2 is 0.600 bits per heavy atom. The van der Waals surface area contributed by atoms with Gasteiger partial charge >= 0.3 is 11.9 Å². The Morgan fingerprint density at radius 3 is 0.880 bits per heavy atom. The fourth-order valence-corrected chi connectivity index (χ4v) is 8.08. The van der Waals surface area contributed by atoms with Gasteiger partial charge in [-0.25, -0.2) is 0 Å². The minimum absolute atomic E-state index is 0.0207. The van der Waals surface area contributed by atoms with Crippen LogP contribution in [0.1, 0.15) is 265 Å². The van der Waals surface area contributed by atoms with E-state index in [2.05, 4.69) is 20.8 Å². The monoisotopic (exact) mass is 707 g/mol. The Balaban J connectivity index is 4.73. The Hall–Kier alpha value is -1.06. The first-order chi connectivity index (χ1) is 24.5. The molecule has 3 atom stereocenters. The minimum Gasteiger partial charge on any atom is -0.481 e. The highest BCUT2D eigenvalue weighted by Gasteiger charge is 2.31. The van der Waals surface area contributed by atoms with Crippen molar-refractivity contribution in [1.82, 2.24) is 0 Å². The largest absolute Gasteiger partial charge is 0.481 e. The summed E-state index contributed by atoms with van der Waals surface area (Å²) in [5, 5.41) is 20.6. The van der Waals surface area contributed by atoms with Crippen LogP contribution in [0.3, 0.4) is 0 Å². The molecule has 0 aromatic carbocycles. The van der Waals surface area contributed by atoms with Crippen molar-refractivity contribution in [1.29, 1.82) is 0 Å². The molecule has 4 heteroatoms. The molecule has 4 nitrogen and oxygen atoms in total. The Kier molecular flexibility index (Phi) is 38.3. The molecule has 0 radical (unpaired) electrons. The van der Waals surface area contributed by atoms with E-state index in [0.29, 0.717) is 19.3 Å². The van der Waals surface area contributed by atoms with E-state index in [9.17, 15) is 19.8 Å². The van der Waals surface area contributed by atoms with E-state index in [4.69, 9.17) is 0 Å². The summed E-state index contributed by atoms with van der Waals surface area (Å²) in [6.07, 6.45) is 46.1. The van der Waals surface area contributed by atoms with Crippen molar-refractivity contribution in [2.24, 2.45) is 17.8 Å². The van der Waals surface area contributed by atoms with Gasteiger partial charge in [0.25, 0.3) is 0 Å². The SMILES string of the molecule is CCCCCCCCCCCCCCC(CC(CCCCCCCCCCCC)C(CCCCCCCCCCCCCC)C(=O)O)C(=O)O. The number of aliphatic carboxylic acids is 2. The fraction of sp³-hybridized carbons (Fsp3) is 0.957. The lowest BCUT2D eigenvalue weighted by Gasteiger charge is -2.27. The molecule has 0 aliphatic heterocycles. The number of carboxylic acids is 2. The molecule has 0 bridgehead atoms. The van der Waals surface area contributed by atoms with Gasteiger partial charge in [0.1, 0.15) is 0 Å². The molecule has 0 saturated carbocycles. The number of hydrogen-bond donors (Lipinski definition) is 2. The molecule has 0 aliphatic carbocycles. The molecule has 0 spiro atoms. The van der Waals surface area contributed by atoms with E-state index in [1.807, 2.05) is 0 Å². The fourth-order valence-electron chi connectivity index (χ4n) is 8.08. The van der Waals surface area contributed by atoms with E-state index >= 15 is 0 Å². The lowest BCUT2D eigenvalue weighted by molar-refractivity contribution is -0.147. The van der Waals surface area contributed by atoms with Crippen molar-refractivity contribution in [3.8, 4) is 0 Å². The normalized spacial score (nSPS) is 13.4.